The van der Waals surface area contributed by atoms with Gasteiger partial charge in [-0.15, -0.1) is 11.3 Å². The van der Waals surface area contributed by atoms with Gasteiger partial charge in [-0.2, -0.15) is 0 Å². The molecule has 2 aromatic heterocycles. The fraction of sp³-hybridized carbons (Fsp3) is 0.361. The Hall–Kier alpha value is -4.37. The van der Waals surface area contributed by atoms with E-state index >= 15 is 0 Å². The summed E-state index contributed by atoms with van der Waals surface area (Å²) in [5, 5.41) is 12.3. The summed E-state index contributed by atoms with van der Waals surface area (Å²) < 4.78 is 5.43. The first-order valence-electron chi connectivity index (χ1n) is 15.0. The van der Waals surface area contributed by atoms with Crippen molar-refractivity contribution < 1.29 is 24.2 Å². The van der Waals surface area contributed by atoms with Crippen molar-refractivity contribution >= 4 is 29.0 Å². The number of carbonyl (C=O) groups excluding carboxylic acids is 3. The molecule has 0 bridgehead atoms. The zero-order valence-corrected chi connectivity index (χ0v) is 27.7. The Morgan fingerprint density at radius 2 is 1.44 bits per heavy atom. The van der Waals surface area contributed by atoms with Gasteiger partial charge in [0, 0.05) is 40.7 Å². The highest BCUT2D eigenvalue weighted by atomic mass is 32.1. The highest BCUT2D eigenvalue weighted by Crippen LogP contribution is 2.31. The first kappa shape index (κ1) is 33.5. The number of aromatic nitrogens is 2. The van der Waals surface area contributed by atoms with E-state index in [1.807, 2.05) is 36.4 Å². The number of phenols is 1. The van der Waals surface area contributed by atoms with E-state index in [0.717, 1.165) is 27.1 Å². The maximum Gasteiger partial charge on any atom is 0.328 e. The van der Waals surface area contributed by atoms with E-state index in [1.165, 1.54) is 11.3 Å². The summed E-state index contributed by atoms with van der Waals surface area (Å²) >= 11 is 1.45. The summed E-state index contributed by atoms with van der Waals surface area (Å²) in [7, 11) is 0. The summed E-state index contributed by atoms with van der Waals surface area (Å²) in [4.78, 5) is 50.2. The van der Waals surface area contributed by atoms with Crippen LogP contribution in [0.1, 0.15) is 75.0 Å². The Morgan fingerprint density at radius 3 is 2.00 bits per heavy atom. The van der Waals surface area contributed by atoms with Crippen LogP contribution >= 0.6 is 11.3 Å². The minimum atomic E-state index is -0.868. The van der Waals surface area contributed by atoms with E-state index in [9.17, 15) is 19.5 Å². The second kappa shape index (κ2) is 13.7. The average molecular weight is 628 g/mol. The van der Waals surface area contributed by atoms with E-state index in [0.29, 0.717) is 17.1 Å². The van der Waals surface area contributed by atoms with Crippen molar-refractivity contribution in [1.82, 2.24) is 15.3 Å². The van der Waals surface area contributed by atoms with Crippen LogP contribution in [-0.2, 0) is 26.2 Å². The van der Waals surface area contributed by atoms with Gasteiger partial charge in [0.25, 0.3) is 0 Å². The summed E-state index contributed by atoms with van der Waals surface area (Å²) in [6.07, 6.45) is 3.77. The molecule has 0 aliphatic rings. The van der Waals surface area contributed by atoms with Gasteiger partial charge in [-0.05, 0) is 74.9 Å². The highest BCUT2D eigenvalue weighted by molar-refractivity contribution is 7.14. The highest BCUT2D eigenvalue weighted by Gasteiger charge is 2.29. The number of benzene rings is 2. The predicted molar refractivity (Wildman–Crippen MR) is 177 cm³/mol. The molecule has 4 rings (SSSR count). The quantitative estimate of drug-likeness (QED) is 0.142. The molecule has 9 heteroatoms. The molecular formula is C36H41N3O5S. The van der Waals surface area contributed by atoms with Crippen molar-refractivity contribution in [3.05, 3.63) is 88.4 Å². The van der Waals surface area contributed by atoms with E-state index in [-0.39, 0.29) is 29.3 Å². The van der Waals surface area contributed by atoms with E-state index < -0.39 is 23.5 Å². The molecule has 2 N–H and O–H groups in total. The van der Waals surface area contributed by atoms with Gasteiger partial charge in [-0.3, -0.25) is 9.59 Å². The first-order valence-corrected chi connectivity index (χ1v) is 15.8. The zero-order valence-electron chi connectivity index (χ0n) is 26.9. The number of amides is 1. The topological polar surface area (TPSA) is 118 Å². The number of hydrogen-bond acceptors (Lipinski definition) is 8. The Kier molecular flexibility index (Phi) is 10.2. The van der Waals surface area contributed by atoms with Crippen LogP contribution < -0.4 is 5.32 Å². The third-order valence-corrected chi connectivity index (χ3v) is 8.64. The van der Waals surface area contributed by atoms with Crippen molar-refractivity contribution in [2.24, 2.45) is 5.92 Å². The molecule has 2 aromatic carbocycles. The van der Waals surface area contributed by atoms with Crippen LogP contribution in [0.15, 0.2) is 73.1 Å². The number of nitrogens with zero attached hydrogens (tertiary/aromatic N) is 2. The minimum absolute atomic E-state index is 0.000549. The van der Waals surface area contributed by atoms with Gasteiger partial charge < -0.3 is 15.2 Å². The molecule has 0 fully saturated rings. The van der Waals surface area contributed by atoms with Crippen LogP contribution in [-0.4, -0.2) is 44.4 Å². The van der Waals surface area contributed by atoms with Gasteiger partial charge >= 0.3 is 5.97 Å². The number of thiophene rings is 1. The van der Waals surface area contributed by atoms with Crippen LogP contribution in [0.3, 0.4) is 0 Å². The third kappa shape index (κ3) is 9.31. The second-order valence-corrected chi connectivity index (χ2v) is 14.3. The monoisotopic (exact) mass is 627 g/mol. The molecule has 1 amide bonds. The predicted octanol–water partition coefficient (Wildman–Crippen LogP) is 7.15. The largest absolute Gasteiger partial charge is 0.508 e. The minimum Gasteiger partial charge on any atom is -0.508 e. The first-order chi connectivity index (χ1) is 21.1. The molecule has 236 valence electrons. The Labute approximate surface area is 268 Å². The van der Waals surface area contributed by atoms with Gasteiger partial charge in [-0.25, -0.2) is 14.8 Å². The molecule has 2 heterocycles. The average Bonchev–Trinajstić information content (AvgIpc) is 3.48. The van der Waals surface area contributed by atoms with E-state index in [4.69, 9.17) is 4.74 Å². The molecule has 0 spiro atoms. The SMILES string of the molecule is C[C@@H](NC(=O)[C@@H](CC(=O)c1ccc(C(C)(C)C)s1)Cc1ccc(-c2ncc(-c3ccc(O)cc3)cn2)cc1)C(=O)OC(C)(C)C. The van der Waals surface area contributed by atoms with Crippen molar-refractivity contribution in [2.75, 3.05) is 0 Å². The third-order valence-electron chi connectivity index (χ3n) is 7.09. The lowest BCUT2D eigenvalue weighted by Crippen LogP contribution is -2.45. The van der Waals surface area contributed by atoms with Crippen molar-refractivity contribution in [2.45, 2.75) is 78.4 Å². The van der Waals surface area contributed by atoms with Crippen LogP contribution in [0.2, 0.25) is 0 Å². The van der Waals surface area contributed by atoms with Crippen molar-refractivity contribution in [1.29, 1.82) is 0 Å². The molecule has 0 aliphatic carbocycles. The second-order valence-electron chi connectivity index (χ2n) is 13.2. The van der Waals surface area contributed by atoms with Crippen LogP contribution in [0, 0.1) is 5.92 Å². The van der Waals surface area contributed by atoms with Gasteiger partial charge in [0.1, 0.15) is 17.4 Å². The smallest absolute Gasteiger partial charge is 0.328 e. The Morgan fingerprint density at radius 1 is 0.844 bits per heavy atom. The number of aromatic hydroxyl groups is 1. The lowest BCUT2D eigenvalue weighted by atomic mass is 9.92. The van der Waals surface area contributed by atoms with Gasteiger partial charge in [-0.1, -0.05) is 57.2 Å². The summed E-state index contributed by atoms with van der Waals surface area (Å²) in [6, 6.07) is 17.3. The summed E-state index contributed by atoms with van der Waals surface area (Å²) in [5.41, 5.74) is 2.62. The molecule has 45 heavy (non-hydrogen) atoms. The van der Waals surface area contributed by atoms with Gasteiger partial charge in [0.05, 0.1) is 4.88 Å². The van der Waals surface area contributed by atoms with E-state index in [2.05, 4.69) is 36.1 Å². The number of carbonyl (C=O) groups is 3. The normalized spacial score (nSPS) is 13.1. The van der Waals surface area contributed by atoms with E-state index in [1.54, 1.807) is 64.4 Å². The molecule has 0 saturated carbocycles. The number of rotatable bonds is 10. The summed E-state index contributed by atoms with van der Waals surface area (Å²) in [5.74, 6) is -0.985. The zero-order chi connectivity index (χ0) is 32.9. The maximum absolute atomic E-state index is 13.5. The molecule has 8 nitrogen and oxygen atoms in total. The number of esters is 1. The number of ether oxygens (including phenoxy) is 1. The van der Waals surface area contributed by atoms with Crippen molar-refractivity contribution in [3.63, 3.8) is 0 Å². The van der Waals surface area contributed by atoms with Gasteiger partial charge in [0.15, 0.2) is 11.6 Å². The molecule has 4 aromatic rings. The molecule has 0 saturated heterocycles. The number of phenolic OH excluding ortho intramolecular Hbond substituents is 1. The maximum atomic E-state index is 13.5. The van der Waals surface area contributed by atoms with Crippen molar-refractivity contribution in [3.8, 4) is 28.3 Å². The lowest BCUT2D eigenvalue weighted by Gasteiger charge is -2.24. The van der Waals surface area contributed by atoms with Crippen LogP contribution in [0.5, 0.6) is 5.75 Å². The number of Topliss-reactive ketones (excluding diaryl/α,β-unsaturated/α-hetero) is 1. The molecule has 0 radical (unpaired) electrons. The molecule has 0 unspecified atom stereocenters. The Balaban J connectivity index is 1.51. The van der Waals surface area contributed by atoms with Crippen LogP contribution in [0.25, 0.3) is 22.5 Å². The number of nitrogens with one attached hydrogen (secondary N) is 1. The lowest BCUT2D eigenvalue weighted by molar-refractivity contribution is -0.158. The molecule has 0 aliphatic heterocycles. The molecule has 2 atom stereocenters. The fourth-order valence-electron chi connectivity index (χ4n) is 4.61. The van der Waals surface area contributed by atoms with Gasteiger partial charge in [0.2, 0.25) is 5.91 Å². The summed E-state index contributed by atoms with van der Waals surface area (Å²) in [6.45, 7) is 13.2. The molecular weight excluding hydrogens is 586 g/mol. The van der Waals surface area contributed by atoms with Crippen LogP contribution in [0.4, 0.5) is 0 Å². The number of hydrogen-bond donors (Lipinski definition) is 2. The Bertz CT molecular complexity index is 1630. The number of ketones is 1. The fourth-order valence-corrected chi connectivity index (χ4v) is 5.62. The standard InChI is InChI=1S/C36H41N3O5S/c1-22(34(43)44-36(5,6)7)39-33(42)26(19-29(41)30-16-17-31(45-30)35(2,3)4)18-23-8-10-25(11-9-23)32-37-20-27(21-38-32)24-12-14-28(40)15-13-24/h8-17,20-22,26,40H,18-19H2,1-7H3,(H,39,42)/t22-,26-/m1/s1.